The maximum Gasteiger partial charge on any atom is 0.0406 e. The first-order chi connectivity index (χ1) is 10.6. The highest BCUT2D eigenvalue weighted by Gasteiger charge is 2.40. The van der Waals surface area contributed by atoms with Gasteiger partial charge >= 0.3 is 0 Å². The van der Waals surface area contributed by atoms with Crippen LogP contribution in [0.25, 0.3) is 0 Å². The lowest BCUT2D eigenvalue weighted by Gasteiger charge is -2.46. The van der Waals surface area contributed by atoms with Crippen LogP contribution < -0.4 is 5.32 Å². The average Bonchev–Trinajstić information content (AvgIpc) is 2.51. The van der Waals surface area contributed by atoms with Gasteiger partial charge in [0.25, 0.3) is 0 Å². The van der Waals surface area contributed by atoms with Gasteiger partial charge in [-0.2, -0.15) is 0 Å². The van der Waals surface area contributed by atoms with Crippen LogP contribution in [0, 0.1) is 5.41 Å². The normalized spacial score (nSPS) is 24.1. The van der Waals surface area contributed by atoms with Gasteiger partial charge in [-0.15, -0.1) is 0 Å². The zero-order valence-electron chi connectivity index (χ0n) is 13.4. The van der Waals surface area contributed by atoms with Crippen LogP contribution in [0.5, 0.6) is 0 Å². The summed E-state index contributed by atoms with van der Waals surface area (Å²) in [5, 5.41) is 4.56. The van der Waals surface area contributed by atoms with Crippen molar-refractivity contribution in [1.29, 1.82) is 0 Å². The second kappa shape index (κ2) is 6.44. The molecule has 0 radical (unpaired) electrons. The Morgan fingerprint density at radius 3 is 2.41 bits per heavy atom. The molecule has 1 fully saturated rings. The highest BCUT2D eigenvalue weighted by Crippen LogP contribution is 2.44. The van der Waals surface area contributed by atoms with E-state index in [1.807, 2.05) is 12.1 Å². The molecule has 0 amide bonds. The first-order valence-corrected chi connectivity index (χ1v) is 8.48. The largest absolute Gasteiger partial charge is 0.313 e. The van der Waals surface area contributed by atoms with Gasteiger partial charge in [0, 0.05) is 11.1 Å². The van der Waals surface area contributed by atoms with Crippen LogP contribution in [-0.4, -0.2) is 12.6 Å². The fourth-order valence-corrected chi connectivity index (χ4v) is 3.88. The van der Waals surface area contributed by atoms with Crippen LogP contribution in [0.3, 0.4) is 0 Å². The van der Waals surface area contributed by atoms with Gasteiger partial charge in [-0.05, 0) is 54.0 Å². The summed E-state index contributed by atoms with van der Waals surface area (Å²) >= 11 is 6.05. The third-order valence-corrected chi connectivity index (χ3v) is 5.43. The number of rotatable bonds is 3. The molecule has 3 rings (SSSR count). The van der Waals surface area contributed by atoms with Gasteiger partial charge in [0.1, 0.15) is 0 Å². The first-order valence-electron chi connectivity index (χ1n) is 8.10. The SMILES string of the molecule is CC1(C)C(Cc2ccccc2)NCCC1c1ccc(Cl)cc1. The van der Waals surface area contributed by atoms with Crippen molar-refractivity contribution in [2.45, 2.75) is 38.6 Å². The first kappa shape index (κ1) is 15.6. The van der Waals surface area contributed by atoms with Crippen LogP contribution in [0.1, 0.15) is 37.3 Å². The summed E-state index contributed by atoms with van der Waals surface area (Å²) in [5.41, 5.74) is 3.03. The van der Waals surface area contributed by atoms with Crippen molar-refractivity contribution < 1.29 is 0 Å². The van der Waals surface area contributed by atoms with E-state index in [9.17, 15) is 0 Å². The molecule has 1 nitrogen and oxygen atoms in total. The Hall–Kier alpha value is -1.31. The number of hydrogen-bond donors (Lipinski definition) is 1. The molecule has 0 spiro atoms. The topological polar surface area (TPSA) is 12.0 Å². The van der Waals surface area contributed by atoms with Crippen molar-refractivity contribution in [3.05, 3.63) is 70.7 Å². The lowest BCUT2D eigenvalue weighted by Crippen LogP contribution is -2.51. The smallest absolute Gasteiger partial charge is 0.0406 e. The minimum atomic E-state index is 0.210. The molecular weight excluding hydrogens is 290 g/mol. The molecule has 1 N–H and O–H groups in total. The van der Waals surface area contributed by atoms with Crippen molar-refractivity contribution >= 4 is 11.6 Å². The highest BCUT2D eigenvalue weighted by molar-refractivity contribution is 6.30. The molecule has 2 unspecified atom stereocenters. The maximum atomic E-state index is 6.05. The van der Waals surface area contributed by atoms with Crippen LogP contribution in [0.4, 0.5) is 0 Å². The van der Waals surface area contributed by atoms with Crippen LogP contribution in [-0.2, 0) is 6.42 Å². The number of hydrogen-bond acceptors (Lipinski definition) is 1. The fraction of sp³-hybridized carbons (Fsp3) is 0.400. The van der Waals surface area contributed by atoms with Gasteiger partial charge in [-0.25, -0.2) is 0 Å². The molecule has 2 aromatic carbocycles. The van der Waals surface area contributed by atoms with Gasteiger partial charge in [-0.3, -0.25) is 0 Å². The second-order valence-electron chi connectivity index (χ2n) is 6.91. The van der Waals surface area contributed by atoms with Gasteiger partial charge in [0.2, 0.25) is 0 Å². The summed E-state index contributed by atoms with van der Waals surface area (Å²) < 4.78 is 0. The van der Waals surface area contributed by atoms with E-state index in [0.29, 0.717) is 12.0 Å². The summed E-state index contributed by atoms with van der Waals surface area (Å²) in [6.07, 6.45) is 2.26. The summed E-state index contributed by atoms with van der Waals surface area (Å²) in [4.78, 5) is 0. The zero-order valence-corrected chi connectivity index (χ0v) is 14.1. The molecule has 22 heavy (non-hydrogen) atoms. The lowest BCUT2D eigenvalue weighted by molar-refractivity contribution is 0.144. The minimum Gasteiger partial charge on any atom is -0.313 e. The molecule has 1 aliphatic heterocycles. The molecule has 1 aliphatic rings. The minimum absolute atomic E-state index is 0.210. The van der Waals surface area contributed by atoms with Crippen LogP contribution >= 0.6 is 11.6 Å². The Kier molecular flexibility index (Phi) is 4.56. The summed E-state index contributed by atoms with van der Waals surface area (Å²) in [6.45, 7) is 5.87. The molecule has 2 aromatic rings. The summed E-state index contributed by atoms with van der Waals surface area (Å²) in [5.74, 6) is 0.569. The molecule has 1 saturated heterocycles. The zero-order chi connectivity index (χ0) is 15.6. The van der Waals surface area contributed by atoms with Crippen molar-refractivity contribution in [1.82, 2.24) is 5.32 Å². The van der Waals surface area contributed by atoms with Crippen molar-refractivity contribution in [2.24, 2.45) is 5.41 Å². The highest BCUT2D eigenvalue weighted by atomic mass is 35.5. The van der Waals surface area contributed by atoms with E-state index >= 15 is 0 Å². The molecule has 0 aromatic heterocycles. The molecule has 0 saturated carbocycles. The molecule has 1 heterocycles. The van der Waals surface area contributed by atoms with E-state index in [2.05, 4.69) is 61.6 Å². The van der Waals surface area contributed by atoms with E-state index in [4.69, 9.17) is 11.6 Å². The quantitative estimate of drug-likeness (QED) is 0.835. The molecule has 2 heteroatoms. The third kappa shape index (κ3) is 3.21. The van der Waals surface area contributed by atoms with Crippen molar-refractivity contribution in [2.75, 3.05) is 6.54 Å². The standard InChI is InChI=1S/C20H24ClN/c1-20(2)18(16-8-10-17(21)11-9-16)12-13-22-19(20)14-15-6-4-3-5-7-15/h3-11,18-19,22H,12-14H2,1-2H3. The molecule has 0 aliphatic carbocycles. The Balaban J connectivity index is 1.82. The number of piperidine rings is 1. The summed E-state index contributed by atoms with van der Waals surface area (Å²) in [6, 6.07) is 19.7. The number of halogens is 1. The molecule has 116 valence electrons. The van der Waals surface area contributed by atoms with E-state index in [1.165, 1.54) is 17.5 Å². The maximum absolute atomic E-state index is 6.05. The van der Waals surface area contributed by atoms with E-state index < -0.39 is 0 Å². The fourth-order valence-electron chi connectivity index (χ4n) is 3.76. The van der Waals surface area contributed by atoms with Crippen molar-refractivity contribution in [3.8, 4) is 0 Å². The average molecular weight is 314 g/mol. The van der Waals surface area contributed by atoms with Crippen LogP contribution in [0.2, 0.25) is 5.02 Å². The van der Waals surface area contributed by atoms with Crippen LogP contribution in [0.15, 0.2) is 54.6 Å². The van der Waals surface area contributed by atoms with Crippen molar-refractivity contribution in [3.63, 3.8) is 0 Å². The van der Waals surface area contributed by atoms with Gasteiger partial charge in [0.05, 0.1) is 0 Å². The summed E-state index contributed by atoms with van der Waals surface area (Å²) in [7, 11) is 0. The second-order valence-corrected chi connectivity index (χ2v) is 7.35. The molecule has 2 atom stereocenters. The van der Waals surface area contributed by atoms with E-state index in [0.717, 1.165) is 18.0 Å². The van der Waals surface area contributed by atoms with E-state index in [1.54, 1.807) is 0 Å². The number of nitrogens with one attached hydrogen (secondary N) is 1. The monoisotopic (exact) mass is 313 g/mol. The van der Waals surface area contributed by atoms with Gasteiger partial charge in [0.15, 0.2) is 0 Å². The Bertz CT molecular complexity index is 603. The van der Waals surface area contributed by atoms with E-state index in [-0.39, 0.29) is 5.41 Å². The Labute approximate surface area is 138 Å². The predicted octanol–water partition coefficient (Wildman–Crippen LogP) is 5.05. The van der Waals surface area contributed by atoms with Gasteiger partial charge in [-0.1, -0.05) is 67.9 Å². The Morgan fingerprint density at radius 2 is 1.73 bits per heavy atom. The predicted molar refractivity (Wildman–Crippen MR) is 94.5 cm³/mol. The Morgan fingerprint density at radius 1 is 1.05 bits per heavy atom. The molecular formula is C20H24ClN. The third-order valence-electron chi connectivity index (χ3n) is 5.17. The van der Waals surface area contributed by atoms with Gasteiger partial charge < -0.3 is 5.32 Å². The number of benzene rings is 2. The molecule has 0 bridgehead atoms. The lowest BCUT2D eigenvalue weighted by atomic mass is 9.65.